The van der Waals surface area contributed by atoms with E-state index >= 15 is 0 Å². The monoisotopic (exact) mass is 224 g/mol. The van der Waals surface area contributed by atoms with Crippen LogP contribution in [0.25, 0.3) is 0 Å². The predicted molar refractivity (Wildman–Crippen MR) is 61.8 cm³/mol. The highest BCUT2D eigenvalue weighted by molar-refractivity contribution is 5.06. The summed E-state index contributed by atoms with van der Waals surface area (Å²) in [4.78, 5) is 0. The molecule has 1 aliphatic rings. The number of nitrogens with two attached hydrogens (primary N) is 1. The Kier molecular flexibility index (Phi) is 3.98. The fraction of sp³-hybridized carbons (Fsp3) is 0.667. The Balaban J connectivity index is 1.71. The molecule has 1 aromatic rings. The molecule has 2 heterocycles. The summed E-state index contributed by atoms with van der Waals surface area (Å²) in [5.41, 5.74) is 5.48. The van der Waals surface area contributed by atoms with Gasteiger partial charge in [0.15, 0.2) is 0 Å². The molecule has 4 nitrogen and oxygen atoms in total. The number of rotatable bonds is 5. The maximum absolute atomic E-state index is 5.51. The van der Waals surface area contributed by atoms with Crippen molar-refractivity contribution in [2.24, 2.45) is 11.7 Å². The van der Waals surface area contributed by atoms with Crippen LogP contribution in [0.4, 0.5) is 0 Å². The Hall–Kier alpha value is -0.840. The van der Waals surface area contributed by atoms with Crippen molar-refractivity contribution in [2.45, 2.75) is 32.5 Å². The lowest BCUT2D eigenvalue weighted by Gasteiger charge is -2.13. The van der Waals surface area contributed by atoms with E-state index in [1.807, 2.05) is 12.1 Å². The van der Waals surface area contributed by atoms with Crippen molar-refractivity contribution in [3.05, 3.63) is 23.7 Å². The van der Waals surface area contributed by atoms with Crippen LogP contribution in [0.3, 0.4) is 0 Å². The van der Waals surface area contributed by atoms with Crippen LogP contribution in [-0.4, -0.2) is 19.3 Å². The quantitative estimate of drug-likeness (QED) is 0.790. The predicted octanol–water partition coefficient (Wildman–Crippen LogP) is 1.25. The van der Waals surface area contributed by atoms with Crippen LogP contribution in [-0.2, 0) is 17.8 Å². The topological polar surface area (TPSA) is 60.4 Å². The highest BCUT2D eigenvalue weighted by Gasteiger charge is 2.23. The lowest BCUT2D eigenvalue weighted by molar-refractivity contribution is 0.105. The smallest absolute Gasteiger partial charge is 0.118 e. The third kappa shape index (κ3) is 2.84. The molecule has 2 unspecified atom stereocenters. The first-order chi connectivity index (χ1) is 7.79. The van der Waals surface area contributed by atoms with Crippen molar-refractivity contribution >= 4 is 0 Å². The first-order valence-corrected chi connectivity index (χ1v) is 5.89. The number of hydrogen-bond acceptors (Lipinski definition) is 4. The third-order valence-corrected chi connectivity index (χ3v) is 3.16. The van der Waals surface area contributed by atoms with E-state index in [4.69, 9.17) is 14.9 Å². The Bertz CT molecular complexity index is 325. The lowest BCUT2D eigenvalue weighted by atomic mass is 10.0. The molecular formula is C12H20N2O2. The van der Waals surface area contributed by atoms with Crippen molar-refractivity contribution in [1.29, 1.82) is 0 Å². The van der Waals surface area contributed by atoms with E-state index in [1.165, 1.54) is 0 Å². The molecule has 1 aromatic heterocycles. The van der Waals surface area contributed by atoms with Gasteiger partial charge in [0, 0.05) is 13.2 Å². The molecule has 0 aromatic carbocycles. The third-order valence-electron chi connectivity index (χ3n) is 3.16. The largest absolute Gasteiger partial charge is 0.463 e. The van der Waals surface area contributed by atoms with Gasteiger partial charge in [0.1, 0.15) is 11.5 Å². The lowest BCUT2D eigenvalue weighted by Crippen LogP contribution is -2.26. The van der Waals surface area contributed by atoms with E-state index < -0.39 is 0 Å². The van der Waals surface area contributed by atoms with Gasteiger partial charge in [0.25, 0.3) is 0 Å². The van der Waals surface area contributed by atoms with Gasteiger partial charge in [-0.25, -0.2) is 0 Å². The highest BCUT2D eigenvalue weighted by atomic mass is 16.5. The molecule has 16 heavy (non-hydrogen) atoms. The molecule has 3 N–H and O–H groups in total. The van der Waals surface area contributed by atoms with Crippen LogP contribution < -0.4 is 11.1 Å². The molecule has 0 spiro atoms. The number of furan rings is 1. The van der Waals surface area contributed by atoms with Crippen molar-refractivity contribution in [3.63, 3.8) is 0 Å². The summed E-state index contributed by atoms with van der Waals surface area (Å²) in [6.07, 6.45) is 1.53. The van der Waals surface area contributed by atoms with E-state index in [-0.39, 0.29) is 0 Å². The van der Waals surface area contributed by atoms with Crippen molar-refractivity contribution < 1.29 is 9.15 Å². The van der Waals surface area contributed by atoms with Crippen LogP contribution in [0, 0.1) is 5.92 Å². The Morgan fingerprint density at radius 1 is 1.44 bits per heavy atom. The van der Waals surface area contributed by atoms with Gasteiger partial charge in [0.2, 0.25) is 0 Å². The first kappa shape index (κ1) is 11.6. The van der Waals surface area contributed by atoms with Gasteiger partial charge in [-0.15, -0.1) is 0 Å². The molecule has 90 valence electrons. The van der Waals surface area contributed by atoms with E-state index in [9.17, 15) is 0 Å². The van der Waals surface area contributed by atoms with Crippen LogP contribution in [0.2, 0.25) is 0 Å². The number of nitrogens with one attached hydrogen (secondary N) is 1. The number of ether oxygens (including phenoxy) is 1. The summed E-state index contributed by atoms with van der Waals surface area (Å²) >= 11 is 0. The fourth-order valence-electron chi connectivity index (χ4n) is 2.05. The van der Waals surface area contributed by atoms with Crippen molar-refractivity contribution in [2.75, 3.05) is 13.2 Å². The van der Waals surface area contributed by atoms with Crippen molar-refractivity contribution in [1.82, 2.24) is 5.32 Å². The summed E-state index contributed by atoms with van der Waals surface area (Å²) in [5, 5.41) is 3.40. The molecule has 4 heteroatoms. The normalized spacial score (nSPS) is 25.1. The Labute approximate surface area is 96.1 Å². The second-order valence-corrected chi connectivity index (χ2v) is 4.33. The van der Waals surface area contributed by atoms with Gasteiger partial charge < -0.3 is 20.2 Å². The van der Waals surface area contributed by atoms with Gasteiger partial charge >= 0.3 is 0 Å². The van der Waals surface area contributed by atoms with Gasteiger partial charge in [-0.2, -0.15) is 0 Å². The first-order valence-electron chi connectivity index (χ1n) is 5.89. The Morgan fingerprint density at radius 2 is 2.25 bits per heavy atom. The molecule has 2 rings (SSSR count). The molecule has 0 bridgehead atoms. The molecule has 0 saturated carbocycles. The second-order valence-electron chi connectivity index (χ2n) is 4.33. The van der Waals surface area contributed by atoms with Crippen LogP contribution in [0.15, 0.2) is 16.5 Å². The van der Waals surface area contributed by atoms with Gasteiger partial charge in [0.05, 0.1) is 19.2 Å². The van der Waals surface area contributed by atoms with E-state index in [1.54, 1.807) is 0 Å². The van der Waals surface area contributed by atoms with Gasteiger partial charge in [-0.3, -0.25) is 0 Å². The van der Waals surface area contributed by atoms with Gasteiger partial charge in [-0.1, -0.05) is 0 Å². The maximum atomic E-state index is 5.51. The molecular weight excluding hydrogens is 204 g/mol. The van der Waals surface area contributed by atoms with Crippen molar-refractivity contribution in [3.8, 4) is 0 Å². The molecule has 2 atom stereocenters. The SMILES string of the molecule is CC1OCCC1CNCc1ccc(CN)o1. The van der Waals surface area contributed by atoms with E-state index in [0.29, 0.717) is 18.6 Å². The van der Waals surface area contributed by atoms with Crippen LogP contribution in [0.5, 0.6) is 0 Å². The molecule has 0 aliphatic carbocycles. The minimum absolute atomic E-state index is 0.378. The molecule has 0 amide bonds. The molecule has 1 saturated heterocycles. The van der Waals surface area contributed by atoms with Gasteiger partial charge in [-0.05, 0) is 31.4 Å². The summed E-state index contributed by atoms with van der Waals surface area (Å²) < 4.78 is 11.0. The van der Waals surface area contributed by atoms with Crippen LogP contribution in [0.1, 0.15) is 24.9 Å². The fourth-order valence-corrected chi connectivity index (χ4v) is 2.05. The average molecular weight is 224 g/mol. The minimum atomic E-state index is 0.378. The average Bonchev–Trinajstić information content (AvgIpc) is 2.89. The zero-order chi connectivity index (χ0) is 11.4. The minimum Gasteiger partial charge on any atom is -0.463 e. The zero-order valence-electron chi connectivity index (χ0n) is 9.74. The number of hydrogen-bond donors (Lipinski definition) is 2. The molecule has 1 fully saturated rings. The Morgan fingerprint density at radius 3 is 2.88 bits per heavy atom. The maximum Gasteiger partial charge on any atom is 0.118 e. The summed E-state index contributed by atoms with van der Waals surface area (Å²) in [5.74, 6) is 2.42. The molecule has 0 radical (unpaired) electrons. The zero-order valence-corrected chi connectivity index (χ0v) is 9.74. The van der Waals surface area contributed by atoms with E-state index in [0.717, 1.165) is 37.6 Å². The summed E-state index contributed by atoms with van der Waals surface area (Å²) in [6, 6.07) is 3.90. The standard InChI is InChI=1S/C12H20N2O2/c1-9-10(4-5-15-9)7-14-8-12-3-2-11(6-13)16-12/h2-3,9-10,14H,4-8,13H2,1H3. The van der Waals surface area contributed by atoms with Crippen LogP contribution >= 0.6 is 0 Å². The highest BCUT2D eigenvalue weighted by Crippen LogP contribution is 2.19. The van der Waals surface area contributed by atoms with E-state index in [2.05, 4.69) is 12.2 Å². The second kappa shape index (κ2) is 5.48. The summed E-state index contributed by atoms with van der Waals surface area (Å²) in [6.45, 7) is 5.25. The summed E-state index contributed by atoms with van der Waals surface area (Å²) in [7, 11) is 0. The molecule has 1 aliphatic heterocycles.